The first-order valence-corrected chi connectivity index (χ1v) is 10.4. The number of hydrazine groups is 1. The Bertz CT molecular complexity index is 942. The molecule has 10 heteroatoms. The first-order chi connectivity index (χ1) is 12.5. The number of amides is 1. The number of benzene rings is 2. The van der Waals surface area contributed by atoms with Crippen molar-refractivity contribution in [2.75, 3.05) is 12.5 Å². The van der Waals surface area contributed by atoms with Crippen LogP contribution < -0.4 is 10.9 Å². The third-order valence-corrected chi connectivity index (χ3v) is 6.65. The lowest BCUT2D eigenvalue weighted by molar-refractivity contribution is 0.0962. The number of nitrogens with zero attached hydrogens (tertiary/aromatic N) is 1. The molecule has 2 aromatic rings. The third-order valence-electron chi connectivity index (χ3n) is 3.81. The number of rotatable bonds is 6. The molecule has 2 N–H and O–H groups in total. The average Bonchev–Trinajstić information content (AvgIpc) is 2.59. The molecule has 0 spiro atoms. The number of anilines is 1. The van der Waals surface area contributed by atoms with Crippen LogP contribution in [0.25, 0.3) is 0 Å². The van der Waals surface area contributed by atoms with Crippen molar-refractivity contribution in [3.63, 3.8) is 0 Å². The van der Waals surface area contributed by atoms with Crippen LogP contribution in [0.3, 0.4) is 0 Å². The fourth-order valence-corrected chi connectivity index (χ4v) is 4.42. The van der Waals surface area contributed by atoms with Crippen molar-refractivity contribution in [2.45, 2.75) is 24.8 Å². The minimum absolute atomic E-state index is 0.0221. The molecule has 0 saturated heterocycles. The van der Waals surface area contributed by atoms with Gasteiger partial charge in [-0.2, -0.15) is 4.31 Å². The molecule has 0 aliphatic rings. The molecule has 0 heterocycles. The minimum atomic E-state index is -3.70. The van der Waals surface area contributed by atoms with E-state index in [-0.39, 0.29) is 32.2 Å². The lowest BCUT2D eigenvalue weighted by Crippen LogP contribution is -2.33. The predicted molar refractivity (Wildman–Crippen MR) is 109 cm³/mol. The van der Waals surface area contributed by atoms with Gasteiger partial charge in [-0.3, -0.25) is 15.6 Å². The molecular weight excluding hydrogens is 433 g/mol. The van der Waals surface area contributed by atoms with Crippen molar-refractivity contribution in [2.24, 2.45) is 0 Å². The molecule has 0 atom stereocenters. The van der Waals surface area contributed by atoms with Gasteiger partial charge in [-0.25, -0.2) is 8.42 Å². The van der Waals surface area contributed by atoms with E-state index in [1.165, 1.54) is 47.8 Å². The van der Waals surface area contributed by atoms with Gasteiger partial charge in [0.25, 0.3) is 5.91 Å². The molecule has 6 nitrogen and oxygen atoms in total. The van der Waals surface area contributed by atoms with Crippen molar-refractivity contribution in [1.82, 2.24) is 9.73 Å². The number of carbonyl (C=O) groups is 1. The van der Waals surface area contributed by atoms with E-state index < -0.39 is 15.9 Å². The normalized spacial score (nSPS) is 11.7. The van der Waals surface area contributed by atoms with E-state index in [1.54, 1.807) is 13.8 Å². The monoisotopic (exact) mass is 449 g/mol. The summed E-state index contributed by atoms with van der Waals surface area (Å²) in [4.78, 5) is 12.4. The van der Waals surface area contributed by atoms with Gasteiger partial charge in [-0.15, -0.1) is 0 Å². The first kappa shape index (κ1) is 21.8. The Hall–Kier alpha value is -1.51. The second-order valence-corrected chi connectivity index (χ2v) is 9.21. The summed E-state index contributed by atoms with van der Waals surface area (Å²) in [6, 6.07) is 8.45. The van der Waals surface area contributed by atoms with E-state index in [9.17, 15) is 13.2 Å². The molecule has 1 amide bonds. The van der Waals surface area contributed by atoms with Gasteiger partial charge in [-0.05, 0) is 44.2 Å². The molecular formula is C17H18Cl3N3O3S. The van der Waals surface area contributed by atoms with Crippen LogP contribution in [-0.2, 0) is 10.0 Å². The molecule has 2 rings (SSSR count). The Kier molecular flexibility index (Phi) is 6.99. The number of hydrogen-bond donors (Lipinski definition) is 2. The summed E-state index contributed by atoms with van der Waals surface area (Å²) in [6.07, 6.45) is 0. The summed E-state index contributed by atoms with van der Waals surface area (Å²) in [5.74, 6) is -0.554. The second kappa shape index (κ2) is 8.67. The van der Waals surface area contributed by atoms with Crippen LogP contribution in [-0.4, -0.2) is 31.7 Å². The lowest BCUT2D eigenvalue weighted by atomic mass is 10.2. The van der Waals surface area contributed by atoms with Crippen LogP contribution >= 0.6 is 34.8 Å². The smallest absolute Gasteiger partial charge is 0.269 e. The van der Waals surface area contributed by atoms with E-state index in [0.29, 0.717) is 5.02 Å². The minimum Gasteiger partial charge on any atom is -0.295 e. The number of halogens is 3. The van der Waals surface area contributed by atoms with Crippen molar-refractivity contribution >= 4 is 56.4 Å². The first-order valence-electron chi connectivity index (χ1n) is 7.83. The molecule has 0 aliphatic carbocycles. The zero-order valence-corrected chi connectivity index (χ0v) is 17.8. The van der Waals surface area contributed by atoms with E-state index in [2.05, 4.69) is 10.9 Å². The summed E-state index contributed by atoms with van der Waals surface area (Å²) in [7, 11) is -2.22. The molecule has 0 radical (unpaired) electrons. The van der Waals surface area contributed by atoms with Crippen LogP contribution in [0.1, 0.15) is 24.2 Å². The third kappa shape index (κ3) is 5.06. The fraction of sp³-hybridized carbons (Fsp3) is 0.235. The van der Waals surface area contributed by atoms with Gasteiger partial charge in [0.15, 0.2) is 0 Å². The standard InChI is InChI=1S/C17H18Cl3N3O3S/c1-10(2)23(3)27(25,26)13-6-4-5-11(7-13)17(24)22-21-16-14(19)8-12(18)9-15(16)20/h4-10,21H,1-3H3,(H,22,24). The molecule has 2 aromatic carbocycles. The second-order valence-electron chi connectivity index (χ2n) is 5.97. The summed E-state index contributed by atoms with van der Waals surface area (Å²) in [5.41, 5.74) is 5.49. The van der Waals surface area contributed by atoms with Gasteiger partial charge in [0, 0.05) is 23.7 Å². The molecule has 0 aliphatic heterocycles. The molecule has 0 bridgehead atoms. The molecule has 0 fully saturated rings. The van der Waals surface area contributed by atoms with Crippen LogP contribution in [0.2, 0.25) is 15.1 Å². The van der Waals surface area contributed by atoms with E-state index >= 15 is 0 Å². The highest BCUT2D eigenvalue weighted by atomic mass is 35.5. The van der Waals surface area contributed by atoms with Crippen LogP contribution in [0.5, 0.6) is 0 Å². The molecule has 146 valence electrons. The summed E-state index contributed by atoms with van der Waals surface area (Å²) >= 11 is 17.9. The largest absolute Gasteiger partial charge is 0.295 e. The van der Waals surface area contributed by atoms with Crippen molar-refractivity contribution in [1.29, 1.82) is 0 Å². The Morgan fingerprint density at radius 2 is 1.67 bits per heavy atom. The number of nitrogens with one attached hydrogen (secondary N) is 2. The van der Waals surface area contributed by atoms with Gasteiger partial charge >= 0.3 is 0 Å². The quantitative estimate of drug-likeness (QED) is 0.638. The zero-order chi connectivity index (χ0) is 20.4. The van der Waals surface area contributed by atoms with Gasteiger partial charge in [-0.1, -0.05) is 40.9 Å². The number of sulfonamides is 1. The van der Waals surface area contributed by atoms with Crippen LogP contribution in [0.4, 0.5) is 5.69 Å². The van der Waals surface area contributed by atoms with E-state index in [0.717, 1.165) is 0 Å². The number of hydrogen-bond acceptors (Lipinski definition) is 4. The maximum atomic E-state index is 12.6. The SMILES string of the molecule is CC(C)N(C)S(=O)(=O)c1cccc(C(=O)NNc2c(Cl)cc(Cl)cc2Cl)c1. The number of carbonyl (C=O) groups excluding carboxylic acids is 1. The van der Waals surface area contributed by atoms with E-state index in [1.807, 2.05) is 0 Å². The van der Waals surface area contributed by atoms with Crippen molar-refractivity contribution in [3.8, 4) is 0 Å². The Morgan fingerprint density at radius 3 is 2.22 bits per heavy atom. The topological polar surface area (TPSA) is 78.5 Å². The predicted octanol–water partition coefficient (Wildman–Crippen LogP) is 4.43. The Labute approximate surface area is 173 Å². The summed E-state index contributed by atoms with van der Waals surface area (Å²) in [5, 5.41) is 0.805. The average molecular weight is 451 g/mol. The summed E-state index contributed by atoms with van der Waals surface area (Å²) < 4.78 is 26.4. The zero-order valence-electron chi connectivity index (χ0n) is 14.8. The van der Waals surface area contributed by atoms with Gasteiger partial charge in [0.05, 0.1) is 20.6 Å². The highest BCUT2D eigenvalue weighted by Gasteiger charge is 2.24. The maximum Gasteiger partial charge on any atom is 0.269 e. The molecule has 27 heavy (non-hydrogen) atoms. The fourth-order valence-electron chi connectivity index (χ4n) is 2.09. The molecule has 0 saturated carbocycles. The van der Waals surface area contributed by atoms with Crippen molar-refractivity contribution in [3.05, 3.63) is 57.0 Å². The van der Waals surface area contributed by atoms with Gasteiger partial charge < -0.3 is 0 Å². The van der Waals surface area contributed by atoms with E-state index in [4.69, 9.17) is 34.8 Å². The molecule has 0 unspecified atom stereocenters. The van der Waals surface area contributed by atoms with Gasteiger partial charge in [0.2, 0.25) is 10.0 Å². The van der Waals surface area contributed by atoms with Crippen LogP contribution in [0, 0.1) is 0 Å². The highest BCUT2D eigenvalue weighted by molar-refractivity contribution is 7.89. The molecule has 0 aromatic heterocycles. The van der Waals surface area contributed by atoms with Gasteiger partial charge in [0.1, 0.15) is 0 Å². The highest BCUT2D eigenvalue weighted by Crippen LogP contribution is 2.33. The van der Waals surface area contributed by atoms with Crippen molar-refractivity contribution < 1.29 is 13.2 Å². The Balaban J connectivity index is 2.21. The summed E-state index contributed by atoms with van der Waals surface area (Å²) in [6.45, 7) is 3.52. The lowest BCUT2D eigenvalue weighted by Gasteiger charge is -2.21. The maximum absolute atomic E-state index is 12.6. The Morgan fingerprint density at radius 1 is 1.07 bits per heavy atom. The van der Waals surface area contributed by atoms with Crippen LogP contribution in [0.15, 0.2) is 41.3 Å².